The summed E-state index contributed by atoms with van der Waals surface area (Å²) in [7, 11) is -2.09. The van der Waals surface area contributed by atoms with E-state index < -0.39 is 10.0 Å². The Morgan fingerprint density at radius 3 is 2.45 bits per heavy atom. The summed E-state index contributed by atoms with van der Waals surface area (Å²) in [5.74, 6) is 0.838. The van der Waals surface area contributed by atoms with E-state index in [0.29, 0.717) is 30.1 Å². The second-order valence-electron chi connectivity index (χ2n) is 9.11. The van der Waals surface area contributed by atoms with Crippen LogP contribution in [0, 0.1) is 5.92 Å². The molecule has 0 radical (unpaired) electrons. The van der Waals surface area contributed by atoms with E-state index in [2.05, 4.69) is 17.1 Å². The highest BCUT2D eigenvalue weighted by Crippen LogP contribution is 2.30. The number of carbonyl (C=O) groups is 1. The number of sulfonamides is 1. The number of nitrogens with one attached hydrogen (secondary N) is 1. The van der Waals surface area contributed by atoms with Crippen LogP contribution in [0.25, 0.3) is 0 Å². The summed E-state index contributed by atoms with van der Waals surface area (Å²) in [6, 6.07) is 12.2. The van der Waals surface area contributed by atoms with Crippen LogP contribution in [0.1, 0.15) is 48.5 Å². The highest BCUT2D eigenvalue weighted by molar-refractivity contribution is 7.89. The van der Waals surface area contributed by atoms with E-state index in [4.69, 9.17) is 4.74 Å². The molecule has 178 valence electrons. The van der Waals surface area contributed by atoms with E-state index in [1.807, 2.05) is 24.3 Å². The number of benzene rings is 2. The normalized spacial score (nSPS) is 20.0. The van der Waals surface area contributed by atoms with Gasteiger partial charge < -0.3 is 10.1 Å². The van der Waals surface area contributed by atoms with Crippen molar-refractivity contribution in [1.82, 2.24) is 9.21 Å². The highest BCUT2D eigenvalue weighted by atomic mass is 32.2. The molecule has 0 aromatic heterocycles. The van der Waals surface area contributed by atoms with Gasteiger partial charge in [-0.3, -0.25) is 9.69 Å². The predicted octanol–water partition coefficient (Wildman–Crippen LogP) is 3.96. The van der Waals surface area contributed by atoms with Crippen LogP contribution in [-0.4, -0.2) is 56.8 Å². The van der Waals surface area contributed by atoms with Crippen molar-refractivity contribution in [2.24, 2.45) is 5.92 Å². The Balaban J connectivity index is 1.47. The van der Waals surface area contributed by atoms with Gasteiger partial charge in [-0.15, -0.1) is 0 Å². The summed E-state index contributed by atoms with van der Waals surface area (Å²) in [6.07, 6.45) is 4.26. The molecule has 2 saturated heterocycles. The number of nitrogens with zero attached hydrogens (tertiary/aromatic N) is 2. The topological polar surface area (TPSA) is 79.0 Å². The fourth-order valence-corrected chi connectivity index (χ4v) is 6.21. The van der Waals surface area contributed by atoms with E-state index >= 15 is 0 Å². The molecule has 0 saturated carbocycles. The number of hydrogen-bond donors (Lipinski definition) is 1. The Hall–Kier alpha value is -2.42. The smallest absolute Gasteiger partial charge is 0.255 e. The van der Waals surface area contributed by atoms with Crippen LogP contribution in [-0.2, 0) is 16.6 Å². The van der Waals surface area contributed by atoms with E-state index in [0.717, 1.165) is 38.4 Å². The molecule has 1 atom stereocenters. The Morgan fingerprint density at radius 2 is 1.79 bits per heavy atom. The molecule has 1 amide bonds. The number of amides is 1. The third kappa shape index (κ3) is 5.57. The van der Waals surface area contributed by atoms with E-state index in [9.17, 15) is 13.2 Å². The molecule has 2 fully saturated rings. The average Bonchev–Trinajstić information content (AvgIpc) is 3.35. The van der Waals surface area contributed by atoms with Crippen LogP contribution in [0.3, 0.4) is 0 Å². The molecule has 0 bridgehead atoms. The number of hydrogen-bond acceptors (Lipinski definition) is 5. The first-order valence-electron chi connectivity index (χ1n) is 11.7. The maximum atomic E-state index is 12.9. The van der Waals surface area contributed by atoms with Crippen molar-refractivity contribution in [2.45, 2.75) is 44.0 Å². The van der Waals surface area contributed by atoms with Crippen LogP contribution in [0.15, 0.2) is 47.4 Å². The SMILES string of the molecule is COc1ccc(S(=O)(=O)N2CCCC2)cc1NC(=O)c1ccc(CN2CCC[C@@H](C)C2)cc1. The predicted molar refractivity (Wildman–Crippen MR) is 129 cm³/mol. The van der Waals surface area contributed by atoms with Crippen LogP contribution < -0.4 is 10.1 Å². The van der Waals surface area contributed by atoms with E-state index in [1.165, 1.54) is 42.0 Å². The van der Waals surface area contributed by atoms with Crippen molar-refractivity contribution in [3.63, 3.8) is 0 Å². The molecule has 2 aliphatic heterocycles. The molecule has 0 spiro atoms. The summed E-state index contributed by atoms with van der Waals surface area (Å²) in [5.41, 5.74) is 2.03. The first-order chi connectivity index (χ1) is 15.9. The van der Waals surface area contributed by atoms with Crippen molar-refractivity contribution < 1.29 is 17.9 Å². The fraction of sp³-hybridized carbons (Fsp3) is 0.480. The second-order valence-corrected chi connectivity index (χ2v) is 11.0. The maximum Gasteiger partial charge on any atom is 0.255 e. The molecule has 33 heavy (non-hydrogen) atoms. The van der Waals surface area contributed by atoms with Gasteiger partial charge in [-0.25, -0.2) is 8.42 Å². The van der Waals surface area contributed by atoms with E-state index in [-0.39, 0.29) is 10.8 Å². The summed E-state index contributed by atoms with van der Waals surface area (Å²) >= 11 is 0. The van der Waals surface area contributed by atoms with Crippen molar-refractivity contribution in [1.29, 1.82) is 0 Å². The molecular weight excluding hydrogens is 438 g/mol. The highest BCUT2D eigenvalue weighted by Gasteiger charge is 2.28. The number of piperidine rings is 1. The third-order valence-corrected chi connectivity index (χ3v) is 8.38. The first kappa shape index (κ1) is 23.7. The number of likely N-dealkylation sites (tertiary alicyclic amines) is 1. The minimum Gasteiger partial charge on any atom is -0.495 e. The summed E-state index contributed by atoms with van der Waals surface area (Å²) in [6.45, 7) is 6.45. The van der Waals surface area contributed by atoms with Gasteiger partial charge in [0.25, 0.3) is 5.91 Å². The molecule has 8 heteroatoms. The molecule has 2 aromatic rings. The number of methoxy groups -OCH3 is 1. The Labute approximate surface area is 196 Å². The molecule has 0 aliphatic carbocycles. The van der Waals surface area contributed by atoms with Gasteiger partial charge in [0.1, 0.15) is 5.75 Å². The molecule has 2 heterocycles. The van der Waals surface area contributed by atoms with Gasteiger partial charge in [0, 0.05) is 31.7 Å². The molecule has 2 aromatic carbocycles. The quantitative estimate of drug-likeness (QED) is 0.661. The monoisotopic (exact) mass is 471 g/mol. The van der Waals surface area contributed by atoms with Crippen molar-refractivity contribution in [3.05, 3.63) is 53.6 Å². The number of rotatable bonds is 7. The van der Waals surface area contributed by atoms with Crippen LogP contribution in [0.4, 0.5) is 5.69 Å². The summed E-state index contributed by atoms with van der Waals surface area (Å²) < 4.78 is 32.7. The van der Waals surface area contributed by atoms with Gasteiger partial charge in [0.05, 0.1) is 17.7 Å². The molecular formula is C25H33N3O4S. The number of ether oxygens (including phenoxy) is 1. The lowest BCUT2D eigenvalue weighted by molar-refractivity contribution is 0.102. The van der Waals surface area contributed by atoms with Gasteiger partial charge in [0.2, 0.25) is 10.0 Å². The van der Waals surface area contributed by atoms with Crippen molar-refractivity contribution in [3.8, 4) is 5.75 Å². The zero-order valence-corrected chi connectivity index (χ0v) is 20.2. The van der Waals surface area contributed by atoms with Crippen molar-refractivity contribution >= 4 is 21.6 Å². The molecule has 4 rings (SSSR count). The van der Waals surface area contributed by atoms with Gasteiger partial charge in [0.15, 0.2) is 0 Å². The number of carbonyl (C=O) groups excluding carboxylic acids is 1. The molecule has 1 N–H and O–H groups in total. The minimum atomic E-state index is -3.59. The average molecular weight is 472 g/mol. The Bertz CT molecular complexity index is 1080. The molecule has 7 nitrogen and oxygen atoms in total. The van der Waals surface area contributed by atoms with Gasteiger partial charge in [-0.1, -0.05) is 19.1 Å². The lowest BCUT2D eigenvalue weighted by atomic mass is 9.99. The van der Waals surface area contributed by atoms with Crippen molar-refractivity contribution in [2.75, 3.05) is 38.6 Å². The van der Waals surface area contributed by atoms with Gasteiger partial charge in [-0.05, 0) is 74.0 Å². The zero-order chi connectivity index (χ0) is 23.4. The Kier molecular flexibility index (Phi) is 7.36. The number of anilines is 1. The summed E-state index contributed by atoms with van der Waals surface area (Å²) in [4.78, 5) is 15.5. The fourth-order valence-electron chi connectivity index (χ4n) is 4.67. The minimum absolute atomic E-state index is 0.159. The van der Waals surface area contributed by atoms with Crippen LogP contribution in [0.2, 0.25) is 0 Å². The lowest BCUT2D eigenvalue weighted by Crippen LogP contribution is -2.33. The molecule has 2 aliphatic rings. The lowest BCUT2D eigenvalue weighted by Gasteiger charge is -2.30. The standard InChI is InChI=1S/C25H33N3O4S/c1-19-6-5-13-27(17-19)18-20-7-9-21(10-8-20)25(29)26-23-16-22(11-12-24(23)32-2)33(30,31)28-14-3-4-15-28/h7-12,16,19H,3-6,13-15,17-18H2,1-2H3,(H,26,29)/t19-/m1/s1. The van der Waals surface area contributed by atoms with Crippen LogP contribution >= 0.6 is 0 Å². The third-order valence-electron chi connectivity index (χ3n) is 6.49. The van der Waals surface area contributed by atoms with Crippen LogP contribution in [0.5, 0.6) is 5.75 Å². The Morgan fingerprint density at radius 1 is 1.06 bits per heavy atom. The van der Waals surface area contributed by atoms with Gasteiger partial charge in [-0.2, -0.15) is 4.31 Å². The van der Waals surface area contributed by atoms with E-state index in [1.54, 1.807) is 6.07 Å². The summed E-state index contributed by atoms with van der Waals surface area (Å²) in [5, 5.41) is 2.83. The zero-order valence-electron chi connectivity index (χ0n) is 19.4. The first-order valence-corrected chi connectivity index (χ1v) is 13.1. The largest absolute Gasteiger partial charge is 0.495 e. The molecule has 0 unspecified atom stereocenters. The second kappa shape index (κ2) is 10.2. The maximum absolute atomic E-state index is 12.9. The van der Waals surface area contributed by atoms with Gasteiger partial charge >= 0.3 is 0 Å².